The number of aryl methyl sites for hydroxylation is 3. The molecule has 10 aromatic rings. The molecule has 4 aliphatic heterocycles. The Balaban J connectivity index is 0.000000160. The lowest BCUT2D eigenvalue weighted by Gasteiger charge is -2.36. The minimum Gasteiger partial charge on any atom is -0.457 e. The van der Waals surface area contributed by atoms with Crippen LogP contribution in [0.4, 0.5) is 22.1 Å². The first-order valence-corrected chi connectivity index (χ1v) is 38.6. The number of imidazole rings is 4. The van der Waals surface area contributed by atoms with Gasteiger partial charge >= 0.3 is 12.1 Å². The average Bonchev–Trinajstić information content (AvgIpc) is 1.62. The summed E-state index contributed by atoms with van der Waals surface area (Å²) in [6.45, 7) is 24.8. The number of amides is 1. The smallest absolute Gasteiger partial charge is 0.425 e. The number of ether oxygens (including phenoxy) is 10. The summed E-state index contributed by atoms with van der Waals surface area (Å²) in [5.74, 6) is 0.709. The van der Waals surface area contributed by atoms with E-state index >= 15 is 0 Å². The van der Waals surface area contributed by atoms with Crippen LogP contribution < -0.4 is 42.7 Å². The van der Waals surface area contributed by atoms with Crippen LogP contribution in [0.25, 0.3) is 65.5 Å². The van der Waals surface area contributed by atoms with Gasteiger partial charge in [-0.3, -0.25) is 47.3 Å². The molecule has 0 bridgehead atoms. The van der Waals surface area contributed by atoms with Gasteiger partial charge in [-0.1, -0.05) is 81.2 Å². The summed E-state index contributed by atoms with van der Waals surface area (Å²) in [4.78, 5) is 118. The van der Waals surface area contributed by atoms with Crippen LogP contribution in [0.2, 0.25) is 0 Å². The van der Waals surface area contributed by atoms with Crippen LogP contribution in [0.1, 0.15) is 141 Å². The lowest BCUT2D eigenvalue weighted by atomic mass is 10.0. The Bertz CT molecular complexity index is 5360. The first-order valence-electron chi connectivity index (χ1n) is 40.0. The molecule has 0 spiro atoms. The Labute approximate surface area is 680 Å². The van der Waals surface area contributed by atoms with Gasteiger partial charge in [-0.15, -0.1) is 0 Å². The van der Waals surface area contributed by atoms with Crippen LogP contribution in [-0.2, 0) is 47.4 Å². The van der Waals surface area contributed by atoms with Gasteiger partial charge in [-0.2, -0.15) is 9.97 Å². The van der Waals surface area contributed by atoms with Crippen LogP contribution in [0.3, 0.4) is 0 Å². The SMILES string of the molecule is CC[C@H]1O[C@@H](n2cnc3c(=O)[nH]c(N)nc32)C(OC)[C@H]1N=[N+]=[N-].CC[C@H]1O[C@@H](n2cnc3c(OC(=O)N(c4ccccc4)c4ccccc4)nc(C)nc32)C(OC(C)=O)[C@H]1N=[N+]=[N-].[3H]CCN[C@@H]1C(OC)[C@H](n2cnc3c(=O)[nH]c(C)nc32)O[C@@H]1CC.[3H]CCN[C@@H]1C(OC)[C@H](n2cnc3c(=O)[nH]c(C)nc32)O[C@@H]1COC(C)N(C(C)C)C(C)C. The van der Waals surface area contributed by atoms with Crippen molar-refractivity contribution in [2.24, 2.45) is 10.2 Å². The highest BCUT2D eigenvalue weighted by molar-refractivity contribution is 5.98. The summed E-state index contributed by atoms with van der Waals surface area (Å²) >= 11 is 0. The number of nitrogen functional groups attached to an aromatic ring is 1. The Hall–Kier alpha value is -11.2. The number of azide groups is 2. The molecule has 42 heteroatoms. The van der Waals surface area contributed by atoms with Gasteiger partial charge in [0.15, 0.2) is 75.7 Å². The van der Waals surface area contributed by atoms with Gasteiger partial charge in [0.2, 0.25) is 5.95 Å². The van der Waals surface area contributed by atoms with Crippen LogP contribution in [-0.4, -0.2) is 227 Å². The fraction of sp³-hybridized carbons (Fsp3) is 0.553. The zero-order chi connectivity index (χ0) is 86.3. The molecule has 12 heterocycles. The highest BCUT2D eigenvalue weighted by Crippen LogP contribution is 2.41. The number of hydrogen-bond acceptors (Lipinski definition) is 30. The van der Waals surface area contributed by atoms with Crippen molar-refractivity contribution in [3.8, 4) is 5.88 Å². The van der Waals surface area contributed by atoms with Crippen molar-refractivity contribution in [3.63, 3.8) is 0 Å². The van der Waals surface area contributed by atoms with E-state index in [1.165, 1.54) is 31.6 Å². The number of nitrogens with two attached hydrogens (primary N) is 1. The maximum Gasteiger partial charge on any atom is 0.425 e. The van der Waals surface area contributed by atoms with Gasteiger partial charge in [0.05, 0.1) is 79.7 Å². The molecule has 0 radical (unpaired) electrons. The van der Waals surface area contributed by atoms with Crippen molar-refractivity contribution < 1.29 is 59.7 Å². The number of rotatable bonds is 26. The number of benzene rings is 2. The number of aromatic amines is 3. The molecule has 4 saturated heterocycles. The maximum absolute atomic E-state index is 13.6. The number of nitrogens with one attached hydrogen (secondary N) is 5. The number of carbonyl (C=O) groups is 2. The number of hydrogen-bond donors (Lipinski definition) is 6. The summed E-state index contributed by atoms with van der Waals surface area (Å²) in [7, 11) is 4.78. The molecule has 2 aromatic carbocycles. The highest BCUT2D eigenvalue weighted by Gasteiger charge is 2.50. The maximum atomic E-state index is 13.6. The Morgan fingerprint density at radius 2 is 0.983 bits per heavy atom. The number of H-pyrrole nitrogens is 3. The molecule has 0 aliphatic carbocycles. The average molecular weight is 1640 g/mol. The van der Waals surface area contributed by atoms with Gasteiger partial charge in [-0.05, 0) is 123 Å². The fourth-order valence-corrected chi connectivity index (χ4v) is 15.5. The standard InChI is InChI=1S/C27H26N8O5.C22H38N6O4.C15H23N5O3.C12H16N8O3/c1-4-20-21(32-33-28)23(38-17(3)36)26(39-20)34-15-29-22-24(34)30-16(2)31-25(22)40-27(37)35(18-11-7-5-8-12-18)19-13-9-6-10-14-19;1-9-23-17-16(10-31-15(7)28(12(2)3)13(4)5)32-22(19(17)30-8)27-11-24-18-20(27)25-14(6)26-21(18)29;1-5-9-10(16-6-2)12(22-4)15(23-9)20-7-17-11-13(20)18-8(3)19-14(11)21;1-3-5-6(18-19-14)8(22-2)11(23-5)20-4-15-7-9(20)16-12(13)17-10(7)21/h5-15,20-21,23,26H,4H2,1-3H3;11-13,15-17,19,22-23H,9-10H2,1-8H3,(H,25,26,29);7,9-10,12,15-16H,5-6H2,1-4H3,(H,18,19,21);4-6,8,11H,3H2,1-2H3,(H3,13,16,17,21)/t20-,21+,23?,26-;15?,16-,17+,19?,22-;9-,10+,12?,15-;5-,6+,8?,11-/m1111/s1/i;1T;2T;. The van der Waals surface area contributed by atoms with Crippen molar-refractivity contribution in [2.75, 3.05) is 51.7 Å². The minimum atomic E-state index is -0.927. The quantitative estimate of drug-likeness (QED) is 0.00970. The molecule has 7 N–H and O–H groups in total. The number of para-hydroxylation sites is 2. The Morgan fingerprint density at radius 3 is 1.42 bits per heavy atom. The molecule has 632 valence electrons. The van der Waals surface area contributed by atoms with Crippen LogP contribution in [0, 0.1) is 20.8 Å². The second kappa shape index (κ2) is 39.3. The molecular weight excluding hydrogens is 1530 g/mol. The fourth-order valence-electron chi connectivity index (χ4n) is 15.5. The predicted octanol–water partition coefficient (Wildman–Crippen LogP) is 8.62. The molecule has 8 aromatic heterocycles. The zero-order valence-electron chi connectivity index (χ0n) is 70.3. The molecular formula is C76H103N27O15. The van der Waals surface area contributed by atoms with Crippen molar-refractivity contribution in [3.05, 3.63) is 155 Å². The molecule has 4 fully saturated rings. The van der Waals surface area contributed by atoms with Crippen molar-refractivity contribution in [1.29, 1.82) is 0 Å². The summed E-state index contributed by atoms with van der Waals surface area (Å²) in [5, 5.41) is 14.4. The Morgan fingerprint density at radius 1 is 0.576 bits per heavy atom. The van der Waals surface area contributed by atoms with Crippen molar-refractivity contribution >= 4 is 74.0 Å². The van der Waals surface area contributed by atoms with Gasteiger partial charge < -0.3 is 73.7 Å². The number of nitrogens with zero attached hydrogens (tertiary/aromatic N) is 21. The molecule has 5 unspecified atom stereocenters. The highest BCUT2D eigenvalue weighted by atomic mass is 16.6. The van der Waals surface area contributed by atoms with Gasteiger partial charge in [-0.25, -0.2) is 44.6 Å². The normalized spacial score (nSPS) is 24.5. The second-order valence-corrected chi connectivity index (χ2v) is 28.6. The van der Waals surface area contributed by atoms with Gasteiger partial charge in [0.1, 0.15) is 54.2 Å². The Kier molecular flexibility index (Phi) is 28.2. The van der Waals surface area contributed by atoms with Crippen molar-refractivity contribution in [1.82, 2.24) is 93.6 Å². The van der Waals surface area contributed by atoms with E-state index in [9.17, 15) is 24.0 Å². The number of aromatic nitrogens is 16. The van der Waals surface area contributed by atoms with E-state index in [4.69, 9.17) is 66.9 Å². The van der Waals surface area contributed by atoms with E-state index in [-0.39, 0.29) is 113 Å². The number of carbonyl (C=O) groups excluding carboxylic acids is 2. The lowest BCUT2D eigenvalue weighted by molar-refractivity contribution is -0.152. The lowest BCUT2D eigenvalue weighted by Crippen LogP contribution is -2.49. The number of anilines is 3. The van der Waals surface area contributed by atoms with Gasteiger partial charge in [0, 0.05) is 52.9 Å². The summed E-state index contributed by atoms with van der Waals surface area (Å²) in [6.07, 6.45) is 1.40. The molecule has 14 rings (SSSR count). The summed E-state index contributed by atoms with van der Waals surface area (Å²) in [6, 6.07) is 17.4. The van der Waals surface area contributed by atoms with E-state index in [0.29, 0.717) is 90.4 Å². The molecule has 42 nitrogen and oxygen atoms in total. The van der Waals surface area contributed by atoms with Crippen LogP contribution in [0.15, 0.2) is 111 Å². The molecule has 1 amide bonds. The number of methoxy groups -OCH3 is 3. The largest absolute Gasteiger partial charge is 0.457 e. The topological polar surface area (TPSA) is 515 Å². The third-order valence-electron chi connectivity index (χ3n) is 20.4. The van der Waals surface area contributed by atoms with E-state index < -0.39 is 72.9 Å². The van der Waals surface area contributed by atoms with Crippen LogP contribution in [0.5, 0.6) is 5.88 Å². The number of fused-ring (bicyclic) bond motifs is 4. The van der Waals surface area contributed by atoms with E-state index in [0.717, 1.165) is 6.42 Å². The van der Waals surface area contributed by atoms with E-state index in [1.807, 2.05) is 57.2 Å². The first-order chi connectivity index (χ1) is 57.8. The summed E-state index contributed by atoms with van der Waals surface area (Å²) < 4.78 is 80.9. The molecule has 0 saturated carbocycles. The van der Waals surface area contributed by atoms with E-state index in [2.05, 4.69) is 130 Å². The molecule has 17 atom stereocenters. The minimum absolute atomic E-state index is 0.0187. The second-order valence-electron chi connectivity index (χ2n) is 28.6. The third kappa shape index (κ3) is 18.7. The van der Waals surface area contributed by atoms with E-state index in [1.54, 1.807) is 90.2 Å². The summed E-state index contributed by atoms with van der Waals surface area (Å²) in [5.41, 5.74) is 26.1. The molecule has 4 aliphatic rings. The number of esters is 1. The number of likely N-dealkylation sites (N-methyl/N-ethyl adjacent to an activating group) is 2. The van der Waals surface area contributed by atoms with Crippen molar-refractivity contribution in [2.45, 2.75) is 232 Å². The van der Waals surface area contributed by atoms with Gasteiger partial charge in [0.25, 0.3) is 22.6 Å². The predicted molar refractivity (Wildman–Crippen MR) is 432 cm³/mol. The monoisotopic (exact) mass is 1640 g/mol. The first kappa shape index (κ1) is 84.7. The van der Waals surface area contributed by atoms with Crippen LogP contribution >= 0.6 is 0 Å². The zero-order valence-corrected chi connectivity index (χ0v) is 68.3. The third-order valence-corrected chi connectivity index (χ3v) is 20.4. The molecule has 118 heavy (non-hydrogen) atoms.